The van der Waals surface area contributed by atoms with E-state index in [2.05, 4.69) is 0 Å². The number of ether oxygens (including phenoxy) is 4. The molecule has 2 bridgehead atoms. The maximum Gasteiger partial charge on any atom is 0.333 e. The van der Waals surface area contributed by atoms with Gasteiger partial charge < -0.3 is 49.5 Å². The Morgan fingerprint density at radius 1 is 1.24 bits per heavy atom. The molecule has 4 aliphatic rings. The number of hydrogen-bond acceptors (Lipinski definition) is 10. The van der Waals surface area contributed by atoms with Crippen molar-refractivity contribution in [2.45, 2.75) is 101 Å². The second kappa shape index (κ2) is 13.6. The van der Waals surface area contributed by atoms with Gasteiger partial charge in [-0.3, -0.25) is 4.79 Å². The van der Waals surface area contributed by atoms with Crippen molar-refractivity contribution in [3.8, 4) is 0 Å². The summed E-state index contributed by atoms with van der Waals surface area (Å²) in [6, 6.07) is 1.89. The highest BCUT2D eigenvalue weighted by Gasteiger charge is 2.64. The van der Waals surface area contributed by atoms with Crippen LogP contribution in [0.3, 0.4) is 0 Å². The van der Waals surface area contributed by atoms with Gasteiger partial charge in [0.25, 0.3) is 0 Å². The molecule has 2 aliphatic carbocycles. The lowest BCUT2D eigenvalue weighted by atomic mass is 9.70. The minimum Gasteiger partial charge on any atom is -0.658 e. The topological polar surface area (TPSA) is 186 Å². The number of nitrogens with zero attached hydrogens (tertiary/aromatic N) is 1. The first-order chi connectivity index (χ1) is 21.9. The molecule has 0 saturated carbocycles. The van der Waals surface area contributed by atoms with Crippen LogP contribution in [-0.4, -0.2) is 93.6 Å². The Kier molecular flexibility index (Phi) is 10.2. The van der Waals surface area contributed by atoms with Crippen molar-refractivity contribution < 1.29 is 54.1 Å². The second-order valence-corrected chi connectivity index (χ2v) is 13.0. The van der Waals surface area contributed by atoms with E-state index in [4.69, 9.17) is 23.9 Å². The van der Waals surface area contributed by atoms with Gasteiger partial charge in [0.15, 0.2) is 11.9 Å². The van der Waals surface area contributed by atoms with E-state index < -0.39 is 66.2 Å². The number of methoxy groups -OCH3 is 1. The zero-order valence-corrected chi connectivity index (χ0v) is 26.8. The molecule has 5 N–H and O–H groups in total. The van der Waals surface area contributed by atoms with E-state index in [1.54, 1.807) is 19.1 Å². The number of aliphatic hydroxyl groups excluding tert-OH is 3. The number of aliphatic hydroxyl groups is 4. The normalized spacial score (nSPS) is 35.2. The summed E-state index contributed by atoms with van der Waals surface area (Å²) in [6.45, 7) is 5.01. The average molecular weight is 645 g/mol. The molecule has 1 aromatic heterocycles. The highest BCUT2D eigenvalue weighted by Crippen LogP contribution is 2.48. The number of fused-ring (bicyclic) bond motifs is 3. The fourth-order valence-corrected chi connectivity index (χ4v) is 7.39. The van der Waals surface area contributed by atoms with E-state index in [1.165, 1.54) is 7.11 Å². The number of esters is 1. The van der Waals surface area contributed by atoms with Crippen molar-refractivity contribution in [1.29, 1.82) is 0 Å². The van der Waals surface area contributed by atoms with E-state index in [0.717, 1.165) is 5.69 Å². The Morgan fingerprint density at radius 2 is 2.00 bits per heavy atom. The third-order valence-corrected chi connectivity index (χ3v) is 9.93. The minimum atomic E-state index is -2.04. The molecule has 3 heterocycles. The van der Waals surface area contributed by atoms with E-state index in [9.17, 15) is 35.1 Å². The van der Waals surface area contributed by atoms with E-state index in [1.807, 2.05) is 32.1 Å². The third-order valence-electron chi connectivity index (χ3n) is 9.93. The van der Waals surface area contributed by atoms with Gasteiger partial charge in [0.2, 0.25) is 0 Å². The number of carbonyl (C=O) groups is 2. The Balaban J connectivity index is 1.55. The van der Waals surface area contributed by atoms with Gasteiger partial charge in [-0.05, 0) is 42.9 Å². The number of rotatable bonds is 11. The van der Waals surface area contributed by atoms with Crippen LogP contribution in [0.5, 0.6) is 0 Å². The minimum absolute atomic E-state index is 0.0229. The Morgan fingerprint density at radius 3 is 2.63 bits per heavy atom. The van der Waals surface area contributed by atoms with Gasteiger partial charge in [0.05, 0.1) is 32.0 Å². The van der Waals surface area contributed by atoms with Gasteiger partial charge in [-0.2, -0.15) is 5.69 Å². The number of carbonyl (C=O) groups excluding carboxylic acids is 1. The zero-order chi connectivity index (χ0) is 33.4. The molecule has 0 unspecified atom stereocenters. The number of aliphatic carboxylic acids is 1. The number of carboxylic acids is 1. The maximum absolute atomic E-state index is 12.8. The van der Waals surface area contributed by atoms with Crippen LogP contribution in [0.2, 0.25) is 0 Å². The molecule has 254 valence electrons. The summed E-state index contributed by atoms with van der Waals surface area (Å²) in [5.74, 6) is -2.87. The van der Waals surface area contributed by atoms with Gasteiger partial charge in [0, 0.05) is 36.4 Å². The first kappa shape index (κ1) is 34.3. The van der Waals surface area contributed by atoms with Crippen LogP contribution in [-0.2, 0) is 28.5 Å². The molecule has 0 amide bonds. The van der Waals surface area contributed by atoms with Crippen LogP contribution >= 0.6 is 0 Å². The summed E-state index contributed by atoms with van der Waals surface area (Å²) in [5, 5.41) is 55.7. The van der Waals surface area contributed by atoms with Crippen molar-refractivity contribution in [3.63, 3.8) is 0 Å². The molecular weight excluding hydrogens is 598 g/mol. The molecule has 46 heavy (non-hydrogen) atoms. The maximum atomic E-state index is 12.8. The average Bonchev–Trinajstić information content (AvgIpc) is 3.41. The summed E-state index contributed by atoms with van der Waals surface area (Å²) in [6.07, 6.45) is 3.69. The molecule has 2 aliphatic heterocycles. The van der Waals surface area contributed by atoms with Crippen LogP contribution in [0, 0.1) is 17.8 Å². The van der Waals surface area contributed by atoms with Gasteiger partial charge in [0.1, 0.15) is 17.8 Å². The smallest absolute Gasteiger partial charge is 0.333 e. The quantitative estimate of drug-likeness (QED) is 0.167. The highest BCUT2D eigenvalue weighted by atomic mass is 16.7. The van der Waals surface area contributed by atoms with Crippen LogP contribution in [0.1, 0.15) is 70.9 Å². The van der Waals surface area contributed by atoms with Crippen molar-refractivity contribution >= 4 is 23.8 Å². The molecule has 12 heteroatoms. The first-order valence-electron chi connectivity index (χ1n) is 16.1. The molecule has 0 aromatic carbocycles. The predicted molar refractivity (Wildman–Crippen MR) is 164 cm³/mol. The number of allylic oxidation sites excluding steroid dienone is 1. The molecule has 1 saturated heterocycles. The lowest BCUT2D eigenvalue weighted by Gasteiger charge is -2.56. The SMILES string of the molecule is CC[C@]1(O)[C@H](O[C@H]2[C@@H]3C=CCC[C@H]2C=C(C(=O)OC)[C@H]3CC(=O)O)O[C@H](CO)[C@]2(C=c3cc(C(C)C)[n-]c3=C(CCCO)O2)[C@@H]1O. The molecule has 5 rings (SSSR count). The van der Waals surface area contributed by atoms with Gasteiger partial charge >= 0.3 is 11.9 Å². The van der Waals surface area contributed by atoms with Crippen molar-refractivity contribution in [3.05, 3.63) is 46.1 Å². The molecule has 1 aromatic rings. The summed E-state index contributed by atoms with van der Waals surface area (Å²) >= 11 is 0. The number of aromatic nitrogens is 1. The monoisotopic (exact) mass is 644 g/mol. The van der Waals surface area contributed by atoms with E-state index in [-0.39, 0.29) is 36.9 Å². The largest absolute Gasteiger partial charge is 0.658 e. The van der Waals surface area contributed by atoms with Gasteiger partial charge in [-0.25, -0.2) is 4.79 Å². The predicted octanol–water partition coefficient (Wildman–Crippen LogP) is 0.588. The third kappa shape index (κ3) is 5.95. The van der Waals surface area contributed by atoms with Crippen LogP contribution in [0.4, 0.5) is 0 Å². The van der Waals surface area contributed by atoms with Crippen LogP contribution in [0.15, 0.2) is 29.9 Å². The van der Waals surface area contributed by atoms with Crippen LogP contribution < -0.4 is 15.6 Å². The van der Waals surface area contributed by atoms with Crippen molar-refractivity contribution in [1.82, 2.24) is 4.98 Å². The Labute approximate surface area is 268 Å². The van der Waals surface area contributed by atoms with Gasteiger partial charge in [-0.1, -0.05) is 50.4 Å². The fraction of sp³-hybridized carbons (Fsp3) is 0.647. The number of hydrogen-bond donors (Lipinski definition) is 5. The lowest BCUT2D eigenvalue weighted by molar-refractivity contribution is -0.367. The number of carboxylic acid groups (broad SMARTS) is 1. The molecular formula is C34H46NO11-. The first-order valence-corrected chi connectivity index (χ1v) is 16.1. The second-order valence-electron chi connectivity index (χ2n) is 13.0. The molecule has 1 spiro atoms. The molecule has 12 nitrogen and oxygen atoms in total. The van der Waals surface area contributed by atoms with E-state index in [0.29, 0.717) is 42.0 Å². The van der Waals surface area contributed by atoms with Gasteiger partial charge in [-0.15, -0.1) is 0 Å². The molecule has 1 fully saturated rings. The van der Waals surface area contributed by atoms with E-state index >= 15 is 0 Å². The fourth-order valence-electron chi connectivity index (χ4n) is 7.39. The Hall–Kier alpha value is -3.00. The summed E-state index contributed by atoms with van der Waals surface area (Å²) in [5.41, 5.74) is -2.68. The van der Waals surface area contributed by atoms with Crippen molar-refractivity contribution in [2.75, 3.05) is 20.3 Å². The molecule has 0 radical (unpaired) electrons. The molecule has 9 atom stereocenters. The highest BCUT2D eigenvalue weighted by molar-refractivity contribution is 5.90. The summed E-state index contributed by atoms with van der Waals surface area (Å²) < 4.78 is 24.5. The lowest BCUT2D eigenvalue weighted by Crippen LogP contribution is -2.74. The summed E-state index contributed by atoms with van der Waals surface area (Å²) in [7, 11) is 1.25. The zero-order valence-electron chi connectivity index (χ0n) is 26.8. The summed E-state index contributed by atoms with van der Waals surface area (Å²) in [4.78, 5) is 29.4. The standard InChI is InChI=1S/C34H46NO11/c1-5-33(42)31(41)34(16-20-14-24(18(2)3)35-28(20)25(46-34)11-8-12-36)26(17-37)44-32(33)45-29-19-9-6-7-10-21(29)22(15-27(38)39)23(13-19)30(40)43-4/h7,10,13-14,16,18-19,21-22,26,29,31-32,36-37,41-42H,5-6,8-9,11-12,15,17H2,1-4H3,(H,38,39)/q-1/t19-,21+,22-,26+,29+,31+,32-,33+,34+/m0/s1. The van der Waals surface area contributed by atoms with Crippen molar-refractivity contribution in [2.24, 2.45) is 17.8 Å². The van der Waals surface area contributed by atoms with Crippen LogP contribution in [0.25, 0.3) is 11.8 Å². The Bertz CT molecular complexity index is 1480.